The molecule has 2 rings (SSSR count). The molecule has 5 heteroatoms. The van der Waals surface area contributed by atoms with Crippen LogP contribution in [0.3, 0.4) is 0 Å². The molecule has 1 N–H and O–H groups in total. The molecule has 0 amide bonds. The van der Waals surface area contributed by atoms with Crippen molar-refractivity contribution in [3.63, 3.8) is 0 Å². The van der Waals surface area contributed by atoms with E-state index >= 15 is 0 Å². The van der Waals surface area contributed by atoms with Gasteiger partial charge in [0.05, 0.1) is 5.52 Å². The van der Waals surface area contributed by atoms with Crippen molar-refractivity contribution in [3.05, 3.63) is 30.6 Å². The Morgan fingerprint density at radius 2 is 2.12 bits per heavy atom. The van der Waals surface area contributed by atoms with Gasteiger partial charge in [-0.05, 0) is 13.0 Å². The predicted octanol–water partition coefficient (Wildman–Crippen LogP) is 2.19. The fourth-order valence-electron chi connectivity index (χ4n) is 1.29. The summed E-state index contributed by atoms with van der Waals surface area (Å²) in [6.45, 7) is 1.64. The van der Waals surface area contributed by atoms with Crippen LogP contribution in [-0.2, 0) is 4.79 Å². The van der Waals surface area contributed by atoms with Gasteiger partial charge in [-0.2, -0.15) is 0 Å². The molecule has 0 fully saturated rings. The van der Waals surface area contributed by atoms with Gasteiger partial charge in [0.15, 0.2) is 0 Å². The van der Waals surface area contributed by atoms with Crippen LogP contribution in [0.4, 0.5) is 0 Å². The minimum Gasteiger partial charge on any atom is -0.480 e. The summed E-state index contributed by atoms with van der Waals surface area (Å²) in [4.78, 5) is 19.0. The average Bonchev–Trinajstić information content (AvgIpc) is 2.29. The van der Waals surface area contributed by atoms with E-state index in [1.807, 2.05) is 24.3 Å². The monoisotopic (exact) mass is 234 g/mol. The van der Waals surface area contributed by atoms with Gasteiger partial charge in [0, 0.05) is 5.39 Å². The third-order valence-electron chi connectivity index (χ3n) is 2.14. The van der Waals surface area contributed by atoms with Crippen LogP contribution in [0.5, 0.6) is 0 Å². The van der Waals surface area contributed by atoms with E-state index in [2.05, 4.69) is 9.97 Å². The Morgan fingerprint density at radius 1 is 1.38 bits per heavy atom. The number of para-hydroxylation sites is 1. The lowest BCUT2D eigenvalue weighted by Crippen LogP contribution is -2.11. The fourth-order valence-corrected chi connectivity index (χ4v) is 2.14. The molecule has 0 saturated heterocycles. The second-order valence-electron chi connectivity index (χ2n) is 3.29. The van der Waals surface area contributed by atoms with Crippen LogP contribution in [0.25, 0.3) is 10.9 Å². The lowest BCUT2D eigenvalue weighted by Gasteiger charge is -2.07. The van der Waals surface area contributed by atoms with Crippen molar-refractivity contribution in [1.29, 1.82) is 0 Å². The highest BCUT2D eigenvalue weighted by Gasteiger charge is 2.15. The Balaban J connectivity index is 2.41. The first-order chi connectivity index (χ1) is 7.68. The van der Waals surface area contributed by atoms with E-state index in [1.165, 1.54) is 18.1 Å². The maximum atomic E-state index is 10.8. The second kappa shape index (κ2) is 4.49. The number of aliphatic carboxylic acids is 1. The SMILES string of the molecule is C[C@@H](Sc1ncnc2ccccc12)C(=O)O. The van der Waals surface area contributed by atoms with Gasteiger partial charge < -0.3 is 5.11 Å². The van der Waals surface area contributed by atoms with Crippen LogP contribution in [0, 0.1) is 0 Å². The number of fused-ring (bicyclic) bond motifs is 1. The molecule has 0 radical (unpaired) electrons. The molecule has 0 saturated carbocycles. The molecule has 1 aromatic carbocycles. The minimum absolute atomic E-state index is 0.515. The van der Waals surface area contributed by atoms with Gasteiger partial charge in [-0.1, -0.05) is 30.0 Å². The van der Waals surface area contributed by atoms with Crippen LogP contribution in [0.15, 0.2) is 35.6 Å². The number of aromatic nitrogens is 2. The van der Waals surface area contributed by atoms with Gasteiger partial charge in [-0.15, -0.1) is 0 Å². The van der Waals surface area contributed by atoms with Crippen LogP contribution >= 0.6 is 11.8 Å². The lowest BCUT2D eigenvalue weighted by atomic mass is 10.2. The van der Waals surface area contributed by atoms with Crippen LogP contribution in [-0.4, -0.2) is 26.3 Å². The molecule has 0 aliphatic heterocycles. The molecule has 0 aliphatic rings. The number of carboxylic acids is 1. The maximum Gasteiger partial charge on any atom is 0.316 e. The standard InChI is InChI=1S/C11H10N2O2S/c1-7(11(14)15)16-10-8-4-2-3-5-9(8)12-6-13-10/h2-7H,1H3,(H,14,15)/t7-/m1/s1. The highest BCUT2D eigenvalue weighted by atomic mass is 32.2. The maximum absolute atomic E-state index is 10.8. The van der Waals surface area contributed by atoms with Crippen LogP contribution in [0.2, 0.25) is 0 Å². The van der Waals surface area contributed by atoms with E-state index in [-0.39, 0.29) is 0 Å². The first-order valence-electron chi connectivity index (χ1n) is 4.77. The van der Waals surface area contributed by atoms with E-state index in [0.717, 1.165) is 10.9 Å². The fraction of sp³-hybridized carbons (Fsp3) is 0.182. The summed E-state index contributed by atoms with van der Waals surface area (Å²) in [6.07, 6.45) is 1.46. The number of hydrogen-bond donors (Lipinski definition) is 1. The van der Waals surface area contributed by atoms with Gasteiger partial charge >= 0.3 is 5.97 Å². The van der Waals surface area contributed by atoms with Gasteiger partial charge in [0.1, 0.15) is 16.6 Å². The number of hydrogen-bond acceptors (Lipinski definition) is 4. The van der Waals surface area contributed by atoms with Crippen molar-refractivity contribution < 1.29 is 9.90 Å². The zero-order valence-corrected chi connectivity index (χ0v) is 9.44. The number of benzene rings is 1. The van der Waals surface area contributed by atoms with E-state index < -0.39 is 11.2 Å². The highest BCUT2D eigenvalue weighted by molar-refractivity contribution is 8.00. The molecular weight excluding hydrogens is 224 g/mol. The van der Waals surface area contributed by atoms with Gasteiger partial charge in [-0.25, -0.2) is 9.97 Å². The normalized spacial score (nSPS) is 12.6. The number of carbonyl (C=O) groups is 1. The molecule has 0 spiro atoms. The molecular formula is C11H10N2O2S. The first kappa shape index (κ1) is 10.9. The second-order valence-corrected chi connectivity index (χ2v) is 4.62. The van der Waals surface area contributed by atoms with Crippen LogP contribution < -0.4 is 0 Å². The molecule has 1 atom stereocenters. The molecule has 16 heavy (non-hydrogen) atoms. The molecule has 2 aromatic rings. The predicted molar refractivity (Wildman–Crippen MR) is 62.5 cm³/mol. The Bertz CT molecular complexity index is 525. The Hall–Kier alpha value is -1.62. The average molecular weight is 234 g/mol. The summed E-state index contributed by atoms with van der Waals surface area (Å²) in [5, 5.41) is 9.94. The van der Waals surface area contributed by atoms with Crippen molar-refractivity contribution in [2.75, 3.05) is 0 Å². The van der Waals surface area contributed by atoms with Gasteiger partial charge in [0.25, 0.3) is 0 Å². The largest absolute Gasteiger partial charge is 0.480 e. The third kappa shape index (κ3) is 2.14. The zero-order valence-electron chi connectivity index (χ0n) is 8.62. The number of nitrogens with zero attached hydrogens (tertiary/aromatic N) is 2. The van der Waals surface area contributed by atoms with E-state index in [0.29, 0.717) is 5.03 Å². The molecule has 4 nitrogen and oxygen atoms in total. The molecule has 82 valence electrons. The first-order valence-corrected chi connectivity index (χ1v) is 5.65. The highest BCUT2D eigenvalue weighted by Crippen LogP contribution is 2.27. The summed E-state index contributed by atoms with van der Waals surface area (Å²) < 4.78 is 0. The van der Waals surface area contributed by atoms with Gasteiger partial charge in [-0.3, -0.25) is 4.79 Å². The summed E-state index contributed by atoms with van der Waals surface area (Å²) in [5.41, 5.74) is 0.831. The smallest absolute Gasteiger partial charge is 0.316 e. The number of thioether (sulfide) groups is 1. The van der Waals surface area contributed by atoms with Crippen LogP contribution in [0.1, 0.15) is 6.92 Å². The van der Waals surface area contributed by atoms with Gasteiger partial charge in [0.2, 0.25) is 0 Å². The Morgan fingerprint density at radius 3 is 2.88 bits per heavy atom. The molecule has 0 aliphatic carbocycles. The zero-order chi connectivity index (χ0) is 11.5. The van der Waals surface area contributed by atoms with Crippen molar-refractivity contribution in [2.45, 2.75) is 17.2 Å². The molecule has 1 heterocycles. The molecule has 1 aromatic heterocycles. The molecule has 0 bridgehead atoms. The topological polar surface area (TPSA) is 63.1 Å². The van der Waals surface area contributed by atoms with E-state index in [1.54, 1.807) is 6.92 Å². The summed E-state index contributed by atoms with van der Waals surface area (Å²) in [5.74, 6) is -0.840. The lowest BCUT2D eigenvalue weighted by molar-refractivity contribution is -0.136. The molecule has 0 unspecified atom stereocenters. The minimum atomic E-state index is -0.840. The van der Waals surface area contributed by atoms with Crippen molar-refractivity contribution >= 4 is 28.6 Å². The summed E-state index contributed by atoms with van der Waals surface area (Å²) in [7, 11) is 0. The number of carboxylic acid groups (broad SMARTS) is 1. The summed E-state index contributed by atoms with van der Waals surface area (Å²) >= 11 is 1.23. The quantitative estimate of drug-likeness (QED) is 0.651. The third-order valence-corrected chi connectivity index (χ3v) is 3.25. The number of rotatable bonds is 3. The van der Waals surface area contributed by atoms with E-state index in [4.69, 9.17) is 5.11 Å². The van der Waals surface area contributed by atoms with Crippen molar-refractivity contribution in [2.24, 2.45) is 0 Å². The van der Waals surface area contributed by atoms with E-state index in [9.17, 15) is 4.79 Å². The van der Waals surface area contributed by atoms with Crippen molar-refractivity contribution in [1.82, 2.24) is 9.97 Å². The Kier molecular flexibility index (Phi) is 3.05. The van der Waals surface area contributed by atoms with Crippen molar-refractivity contribution in [3.8, 4) is 0 Å². The summed E-state index contributed by atoms with van der Waals surface area (Å²) in [6, 6.07) is 7.56. The Labute approximate surface area is 96.7 Å².